The molecule has 18 heavy (non-hydrogen) atoms. The lowest BCUT2D eigenvalue weighted by Crippen LogP contribution is -2.36. The number of hydrazine groups is 1. The molecule has 1 saturated heterocycles. The monoisotopic (exact) mass is 250 g/mol. The first-order chi connectivity index (χ1) is 8.70. The normalized spacial score (nSPS) is 20.3. The van der Waals surface area contributed by atoms with Gasteiger partial charge in [0.2, 0.25) is 0 Å². The lowest BCUT2D eigenvalue weighted by molar-refractivity contribution is 0.0562. The predicted molar refractivity (Wildman–Crippen MR) is 68.0 cm³/mol. The molecule has 98 valence electrons. The van der Waals surface area contributed by atoms with Gasteiger partial charge in [-0.2, -0.15) is 0 Å². The van der Waals surface area contributed by atoms with E-state index in [1.807, 2.05) is 11.8 Å². The number of nitrogens with one attached hydrogen (secondary N) is 1. The lowest BCUT2D eigenvalue weighted by Gasteiger charge is -2.22. The molecule has 2 heterocycles. The van der Waals surface area contributed by atoms with Gasteiger partial charge in [-0.3, -0.25) is 4.79 Å². The highest BCUT2D eigenvalue weighted by atomic mass is 16.5. The number of hydrogen-bond acceptors (Lipinski definition) is 5. The summed E-state index contributed by atoms with van der Waals surface area (Å²) < 4.78 is 5.52. The Morgan fingerprint density at radius 2 is 2.44 bits per heavy atom. The number of pyridine rings is 1. The van der Waals surface area contributed by atoms with Crippen molar-refractivity contribution in [1.82, 2.24) is 9.88 Å². The Kier molecular flexibility index (Phi) is 4.11. The SMILES string of the molecule is CC1CN(C(=O)c2ccc(NN)nc2)CCCO1. The van der Waals surface area contributed by atoms with Crippen LogP contribution in [0.5, 0.6) is 0 Å². The topological polar surface area (TPSA) is 80.5 Å². The van der Waals surface area contributed by atoms with E-state index in [4.69, 9.17) is 10.6 Å². The summed E-state index contributed by atoms with van der Waals surface area (Å²) in [5, 5.41) is 0. The molecular formula is C12H18N4O2. The molecule has 3 N–H and O–H groups in total. The minimum Gasteiger partial charge on any atom is -0.377 e. The minimum absolute atomic E-state index is 0.0107. The second-order valence-corrected chi connectivity index (χ2v) is 4.36. The van der Waals surface area contributed by atoms with Gasteiger partial charge in [-0.05, 0) is 25.5 Å². The number of nitrogen functional groups attached to an aromatic ring is 1. The van der Waals surface area contributed by atoms with Gasteiger partial charge in [-0.1, -0.05) is 0 Å². The van der Waals surface area contributed by atoms with Gasteiger partial charge in [0, 0.05) is 25.9 Å². The third-order valence-corrected chi connectivity index (χ3v) is 2.90. The number of anilines is 1. The van der Waals surface area contributed by atoms with Crippen molar-refractivity contribution in [2.24, 2.45) is 5.84 Å². The van der Waals surface area contributed by atoms with E-state index in [0.29, 0.717) is 24.5 Å². The largest absolute Gasteiger partial charge is 0.377 e. The van der Waals surface area contributed by atoms with Crippen LogP contribution >= 0.6 is 0 Å². The second kappa shape index (κ2) is 5.79. The fraction of sp³-hybridized carbons (Fsp3) is 0.500. The van der Waals surface area contributed by atoms with E-state index >= 15 is 0 Å². The molecule has 0 aliphatic carbocycles. The van der Waals surface area contributed by atoms with Crippen LogP contribution in [0.4, 0.5) is 5.82 Å². The quantitative estimate of drug-likeness (QED) is 0.594. The maximum absolute atomic E-state index is 12.3. The van der Waals surface area contributed by atoms with Crippen molar-refractivity contribution in [3.05, 3.63) is 23.9 Å². The molecule has 1 amide bonds. The third-order valence-electron chi connectivity index (χ3n) is 2.90. The smallest absolute Gasteiger partial charge is 0.255 e. The standard InChI is InChI=1S/C12H18N4O2/c1-9-8-16(5-2-6-18-9)12(17)10-3-4-11(15-13)14-7-10/h3-4,7,9H,2,5-6,8,13H2,1H3,(H,14,15). The van der Waals surface area contributed by atoms with Crippen molar-refractivity contribution in [2.75, 3.05) is 25.1 Å². The molecule has 2 rings (SSSR count). The number of carbonyl (C=O) groups excluding carboxylic acids is 1. The summed E-state index contributed by atoms with van der Waals surface area (Å²) in [7, 11) is 0. The van der Waals surface area contributed by atoms with Crippen molar-refractivity contribution in [1.29, 1.82) is 0 Å². The van der Waals surface area contributed by atoms with Crippen molar-refractivity contribution < 1.29 is 9.53 Å². The third kappa shape index (κ3) is 2.96. The summed E-state index contributed by atoms with van der Waals surface area (Å²) in [5.74, 6) is 5.76. The lowest BCUT2D eigenvalue weighted by atomic mass is 10.2. The van der Waals surface area contributed by atoms with Gasteiger partial charge in [-0.15, -0.1) is 0 Å². The van der Waals surface area contributed by atoms with Crippen molar-refractivity contribution in [2.45, 2.75) is 19.4 Å². The number of amides is 1. The maximum atomic E-state index is 12.3. The molecule has 0 bridgehead atoms. The predicted octanol–water partition coefficient (Wildman–Crippen LogP) is 0.618. The van der Waals surface area contributed by atoms with E-state index in [2.05, 4.69) is 10.4 Å². The highest BCUT2D eigenvalue weighted by Gasteiger charge is 2.21. The van der Waals surface area contributed by atoms with Crippen LogP contribution in [0.3, 0.4) is 0 Å². The molecule has 1 aromatic rings. The number of ether oxygens (including phenoxy) is 1. The van der Waals surface area contributed by atoms with Crippen molar-refractivity contribution in [3.8, 4) is 0 Å². The molecule has 1 aromatic heterocycles. The number of hydrogen-bond donors (Lipinski definition) is 2. The fourth-order valence-corrected chi connectivity index (χ4v) is 1.97. The van der Waals surface area contributed by atoms with Gasteiger partial charge in [0.1, 0.15) is 5.82 Å². The van der Waals surface area contributed by atoms with Crippen LogP contribution in [-0.2, 0) is 4.74 Å². The maximum Gasteiger partial charge on any atom is 0.255 e. The molecule has 1 aliphatic heterocycles. The average molecular weight is 250 g/mol. The molecule has 0 radical (unpaired) electrons. The highest BCUT2D eigenvalue weighted by molar-refractivity contribution is 5.94. The Labute approximate surface area is 106 Å². The average Bonchev–Trinajstić information content (AvgIpc) is 2.63. The number of nitrogens with zero attached hydrogens (tertiary/aromatic N) is 2. The summed E-state index contributed by atoms with van der Waals surface area (Å²) in [6.45, 7) is 4.03. The first kappa shape index (κ1) is 12.8. The van der Waals surface area contributed by atoms with Crippen LogP contribution < -0.4 is 11.3 Å². The van der Waals surface area contributed by atoms with Crippen LogP contribution in [0, 0.1) is 0 Å². The molecule has 0 saturated carbocycles. The van der Waals surface area contributed by atoms with Gasteiger partial charge < -0.3 is 15.1 Å². The number of nitrogens with two attached hydrogens (primary N) is 1. The van der Waals surface area contributed by atoms with E-state index in [1.165, 1.54) is 6.20 Å². The van der Waals surface area contributed by atoms with Crippen LogP contribution in [0.2, 0.25) is 0 Å². The molecule has 1 atom stereocenters. The zero-order valence-corrected chi connectivity index (χ0v) is 10.4. The first-order valence-electron chi connectivity index (χ1n) is 6.04. The Morgan fingerprint density at radius 3 is 3.11 bits per heavy atom. The van der Waals surface area contributed by atoms with Crippen LogP contribution in [0.15, 0.2) is 18.3 Å². The highest BCUT2D eigenvalue weighted by Crippen LogP contribution is 2.11. The van der Waals surface area contributed by atoms with E-state index in [1.54, 1.807) is 12.1 Å². The Bertz CT molecular complexity index is 407. The molecule has 6 nitrogen and oxygen atoms in total. The van der Waals surface area contributed by atoms with Gasteiger partial charge in [0.25, 0.3) is 5.91 Å². The van der Waals surface area contributed by atoms with E-state index < -0.39 is 0 Å². The van der Waals surface area contributed by atoms with Crippen LogP contribution in [-0.4, -0.2) is 41.6 Å². The summed E-state index contributed by atoms with van der Waals surface area (Å²) in [6, 6.07) is 3.41. The Morgan fingerprint density at radius 1 is 1.61 bits per heavy atom. The van der Waals surface area contributed by atoms with Gasteiger partial charge in [-0.25, -0.2) is 10.8 Å². The minimum atomic E-state index is -0.0107. The van der Waals surface area contributed by atoms with Crippen molar-refractivity contribution >= 4 is 11.7 Å². The molecule has 1 unspecified atom stereocenters. The summed E-state index contributed by atoms with van der Waals surface area (Å²) >= 11 is 0. The van der Waals surface area contributed by atoms with Gasteiger partial charge in [0.05, 0.1) is 11.7 Å². The molecule has 0 spiro atoms. The molecule has 6 heteroatoms. The summed E-state index contributed by atoms with van der Waals surface area (Å²) in [5.41, 5.74) is 3.01. The van der Waals surface area contributed by atoms with E-state index in [0.717, 1.165) is 13.0 Å². The van der Waals surface area contributed by atoms with E-state index in [-0.39, 0.29) is 12.0 Å². The Balaban J connectivity index is 2.08. The number of carbonyl (C=O) groups is 1. The summed E-state index contributed by atoms with van der Waals surface area (Å²) in [4.78, 5) is 18.1. The number of rotatable bonds is 2. The molecule has 0 aromatic carbocycles. The molecule has 1 aliphatic rings. The number of aromatic nitrogens is 1. The summed E-state index contributed by atoms with van der Waals surface area (Å²) in [6.07, 6.45) is 2.48. The first-order valence-corrected chi connectivity index (χ1v) is 6.04. The van der Waals surface area contributed by atoms with E-state index in [9.17, 15) is 4.79 Å². The zero-order valence-electron chi connectivity index (χ0n) is 10.4. The fourth-order valence-electron chi connectivity index (χ4n) is 1.97. The Hall–Kier alpha value is -1.66. The van der Waals surface area contributed by atoms with Gasteiger partial charge >= 0.3 is 0 Å². The van der Waals surface area contributed by atoms with Crippen molar-refractivity contribution in [3.63, 3.8) is 0 Å². The van der Waals surface area contributed by atoms with Gasteiger partial charge in [0.15, 0.2) is 0 Å². The second-order valence-electron chi connectivity index (χ2n) is 4.36. The molecular weight excluding hydrogens is 232 g/mol. The van der Waals surface area contributed by atoms with Crippen LogP contribution in [0.1, 0.15) is 23.7 Å². The molecule has 1 fully saturated rings. The van der Waals surface area contributed by atoms with Crippen LogP contribution in [0.25, 0.3) is 0 Å². The zero-order chi connectivity index (χ0) is 13.0.